The summed E-state index contributed by atoms with van der Waals surface area (Å²) in [4.78, 5) is 0. The molecule has 1 N–H and O–H groups in total. The molecule has 4 rings (SSSR count). The molecule has 0 spiro atoms. The first-order chi connectivity index (χ1) is 18.0. The molecule has 0 aliphatic heterocycles. The predicted molar refractivity (Wildman–Crippen MR) is 142 cm³/mol. The summed E-state index contributed by atoms with van der Waals surface area (Å²) >= 11 is 0. The molecule has 4 aromatic rings. The van der Waals surface area contributed by atoms with Crippen molar-refractivity contribution >= 4 is 0 Å². The average molecular weight is 501 g/mol. The number of methoxy groups -OCH3 is 2. The van der Waals surface area contributed by atoms with Crippen molar-refractivity contribution in [1.29, 1.82) is 0 Å². The Balaban J connectivity index is 1.52. The lowest BCUT2D eigenvalue weighted by atomic mass is 10.1. The van der Waals surface area contributed by atoms with Gasteiger partial charge in [-0.1, -0.05) is 54.6 Å². The minimum Gasteiger partial charge on any atom is -0.497 e. The molecular weight excluding hydrogens is 468 g/mol. The maximum atomic E-state index is 11.1. The second-order valence-electron chi connectivity index (χ2n) is 8.69. The van der Waals surface area contributed by atoms with Crippen LogP contribution in [0.25, 0.3) is 0 Å². The standard InChI is InChI=1S/C31H32O6/c1-31(32,37-22-23-7-5-4-6-8-23)26-13-18-29(35-20-24-9-14-27(33-2)15-10-24)30(19-26)36-21-25-11-16-28(34-3)17-12-25/h4-19,32H,20-22H2,1-3H3. The zero-order chi connectivity index (χ0) is 26.1. The largest absolute Gasteiger partial charge is 0.497 e. The molecule has 1 unspecified atom stereocenters. The molecule has 192 valence electrons. The molecule has 0 aromatic heterocycles. The molecule has 0 fully saturated rings. The topological polar surface area (TPSA) is 66.4 Å². The van der Waals surface area contributed by atoms with Crippen LogP contribution in [0.2, 0.25) is 0 Å². The molecule has 0 bridgehead atoms. The van der Waals surface area contributed by atoms with E-state index in [1.807, 2.05) is 78.9 Å². The van der Waals surface area contributed by atoms with E-state index in [2.05, 4.69) is 0 Å². The summed E-state index contributed by atoms with van der Waals surface area (Å²) in [6.45, 7) is 2.56. The van der Waals surface area contributed by atoms with Gasteiger partial charge in [0.15, 0.2) is 17.3 Å². The Hall–Kier alpha value is -4.00. The van der Waals surface area contributed by atoms with Crippen LogP contribution in [0.15, 0.2) is 97.1 Å². The fraction of sp³-hybridized carbons (Fsp3) is 0.226. The van der Waals surface area contributed by atoms with E-state index >= 15 is 0 Å². The molecule has 0 radical (unpaired) electrons. The summed E-state index contributed by atoms with van der Waals surface area (Å²) in [6.07, 6.45) is 0. The van der Waals surface area contributed by atoms with Crippen LogP contribution in [-0.4, -0.2) is 19.3 Å². The number of hydrogen-bond acceptors (Lipinski definition) is 6. The van der Waals surface area contributed by atoms with Crippen molar-refractivity contribution in [3.8, 4) is 23.0 Å². The first kappa shape index (κ1) is 26.1. The van der Waals surface area contributed by atoms with Gasteiger partial charge in [0.2, 0.25) is 0 Å². The van der Waals surface area contributed by atoms with Crippen LogP contribution < -0.4 is 18.9 Å². The SMILES string of the molecule is COc1ccc(COc2ccc(C(C)(O)OCc3ccccc3)cc2OCc2ccc(OC)cc2)cc1. The van der Waals surface area contributed by atoms with Gasteiger partial charge in [0, 0.05) is 5.56 Å². The van der Waals surface area contributed by atoms with Crippen LogP contribution in [0.1, 0.15) is 29.2 Å². The molecule has 0 saturated heterocycles. The summed E-state index contributed by atoms with van der Waals surface area (Å²) in [5, 5.41) is 11.1. The maximum Gasteiger partial charge on any atom is 0.189 e. The molecule has 0 amide bonds. The molecule has 6 heteroatoms. The molecular formula is C31H32O6. The Morgan fingerprint density at radius 3 is 1.65 bits per heavy atom. The number of hydrogen-bond donors (Lipinski definition) is 1. The Labute approximate surface area is 218 Å². The lowest BCUT2D eigenvalue weighted by Crippen LogP contribution is -2.25. The van der Waals surface area contributed by atoms with Gasteiger partial charge in [0.05, 0.1) is 20.8 Å². The third kappa shape index (κ3) is 7.26. The number of ether oxygens (including phenoxy) is 5. The van der Waals surface area contributed by atoms with Crippen LogP contribution in [0.5, 0.6) is 23.0 Å². The van der Waals surface area contributed by atoms with Gasteiger partial charge in [-0.25, -0.2) is 0 Å². The summed E-state index contributed by atoms with van der Waals surface area (Å²) in [6, 6.07) is 30.4. The van der Waals surface area contributed by atoms with Gasteiger partial charge >= 0.3 is 0 Å². The van der Waals surface area contributed by atoms with Gasteiger partial charge in [-0.2, -0.15) is 0 Å². The van der Waals surface area contributed by atoms with E-state index in [9.17, 15) is 5.11 Å². The summed E-state index contributed by atoms with van der Waals surface area (Å²) in [5.41, 5.74) is 3.49. The minimum atomic E-state index is -1.53. The predicted octanol–water partition coefficient (Wildman–Crippen LogP) is 6.24. The van der Waals surface area contributed by atoms with Crippen molar-refractivity contribution in [3.63, 3.8) is 0 Å². The summed E-state index contributed by atoms with van der Waals surface area (Å²) in [7, 11) is 3.27. The fourth-order valence-corrected chi connectivity index (χ4v) is 3.68. The lowest BCUT2D eigenvalue weighted by molar-refractivity contribution is -0.206. The first-order valence-electron chi connectivity index (χ1n) is 12.0. The molecule has 1 atom stereocenters. The van der Waals surface area contributed by atoms with Gasteiger partial charge < -0.3 is 28.8 Å². The lowest BCUT2D eigenvalue weighted by Gasteiger charge is -2.25. The second-order valence-corrected chi connectivity index (χ2v) is 8.69. The molecule has 6 nitrogen and oxygen atoms in total. The smallest absolute Gasteiger partial charge is 0.189 e. The van der Waals surface area contributed by atoms with Crippen molar-refractivity contribution in [2.24, 2.45) is 0 Å². The van der Waals surface area contributed by atoms with Gasteiger partial charge in [-0.05, 0) is 66.1 Å². The molecule has 4 aromatic carbocycles. The third-order valence-corrected chi connectivity index (χ3v) is 5.95. The van der Waals surface area contributed by atoms with E-state index in [0.29, 0.717) is 30.3 Å². The highest BCUT2D eigenvalue weighted by Crippen LogP contribution is 2.35. The second kappa shape index (κ2) is 12.3. The van der Waals surface area contributed by atoms with E-state index in [1.165, 1.54) is 0 Å². The van der Waals surface area contributed by atoms with Crippen molar-refractivity contribution in [3.05, 3.63) is 119 Å². The quantitative estimate of drug-likeness (QED) is 0.232. The highest BCUT2D eigenvalue weighted by Gasteiger charge is 2.26. The van der Waals surface area contributed by atoms with Crippen molar-refractivity contribution in [1.82, 2.24) is 0 Å². The van der Waals surface area contributed by atoms with E-state index < -0.39 is 5.79 Å². The average Bonchev–Trinajstić information content (AvgIpc) is 2.95. The number of benzene rings is 4. The van der Waals surface area contributed by atoms with Crippen molar-refractivity contribution in [2.75, 3.05) is 14.2 Å². The molecule has 0 saturated carbocycles. The van der Waals surface area contributed by atoms with Crippen LogP contribution in [0.4, 0.5) is 0 Å². The Morgan fingerprint density at radius 1 is 0.595 bits per heavy atom. The molecule has 0 heterocycles. The third-order valence-electron chi connectivity index (χ3n) is 5.95. The Kier molecular flexibility index (Phi) is 8.67. The fourth-order valence-electron chi connectivity index (χ4n) is 3.68. The first-order valence-corrected chi connectivity index (χ1v) is 12.0. The van der Waals surface area contributed by atoms with Crippen molar-refractivity contribution in [2.45, 2.75) is 32.5 Å². The van der Waals surface area contributed by atoms with Gasteiger partial charge in [-0.3, -0.25) is 0 Å². The van der Waals surface area contributed by atoms with Gasteiger partial charge in [0.1, 0.15) is 24.7 Å². The minimum absolute atomic E-state index is 0.269. The van der Waals surface area contributed by atoms with Crippen LogP contribution >= 0.6 is 0 Å². The summed E-state index contributed by atoms with van der Waals surface area (Å²) in [5.74, 6) is 1.11. The van der Waals surface area contributed by atoms with Gasteiger partial charge in [0.25, 0.3) is 0 Å². The van der Waals surface area contributed by atoms with E-state index in [-0.39, 0.29) is 6.61 Å². The highest BCUT2D eigenvalue weighted by atomic mass is 16.6. The van der Waals surface area contributed by atoms with Crippen molar-refractivity contribution < 1.29 is 28.8 Å². The maximum absolute atomic E-state index is 11.1. The Bertz CT molecular complexity index is 1250. The zero-order valence-corrected chi connectivity index (χ0v) is 21.3. The molecule has 0 aliphatic carbocycles. The normalized spacial score (nSPS) is 12.4. The monoisotopic (exact) mass is 500 g/mol. The summed E-state index contributed by atoms with van der Waals surface area (Å²) < 4.78 is 28.6. The van der Waals surface area contributed by atoms with E-state index in [4.69, 9.17) is 23.7 Å². The number of aliphatic hydroxyl groups is 1. The van der Waals surface area contributed by atoms with E-state index in [1.54, 1.807) is 39.3 Å². The Morgan fingerprint density at radius 2 is 1.11 bits per heavy atom. The van der Waals surface area contributed by atoms with Crippen LogP contribution in [0, 0.1) is 0 Å². The molecule has 37 heavy (non-hydrogen) atoms. The van der Waals surface area contributed by atoms with Gasteiger partial charge in [-0.15, -0.1) is 0 Å². The van der Waals surface area contributed by atoms with Crippen LogP contribution in [0.3, 0.4) is 0 Å². The highest BCUT2D eigenvalue weighted by molar-refractivity contribution is 5.44. The van der Waals surface area contributed by atoms with Crippen LogP contribution in [-0.2, 0) is 30.3 Å². The number of rotatable bonds is 12. The zero-order valence-electron chi connectivity index (χ0n) is 21.3. The molecule has 0 aliphatic rings. The van der Waals surface area contributed by atoms with E-state index in [0.717, 1.165) is 28.2 Å².